The number of hydrogen-bond donors (Lipinski definition) is 1. The van der Waals surface area contributed by atoms with Gasteiger partial charge in [-0.1, -0.05) is 0 Å². The fraction of sp³-hybridized carbons (Fsp3) is 0.545. The Kier molecular flexibility index (Phi) is 3.12. The smallest absolute Gasteiger partial charge is 0.284 e. The van der Waals surface area contributed by atoms with E-state index in [0.717, 1.165) is 25.9 Å². The van der Waals surface area contributed by atoms with Crippen LogP contribution in [0.2, 0.25) is 0 Å². The Morgan fingerprint density at radius 2 is 2.06 bits per heavy atom. The summed E-state index contributed by atoms with van der Waals surface area (Å²) in [7, 11) is 0. The van der Waals surface area contributed by atoms with Crippen LogP contribution in [0.25, 0.3) is 0 Å². The number of nitrogens with two attached hydrogens (primary N) is 1. The van der Waals surface area contributed by atoms with E-state index in [1.165, 1.54) is 0 Å². The minimum atomic E-state index is -0.510. The van der Waals surface area contributed by atoms with E-state index >= 15 is 0 Å². The summed E-state index contributed by atoms with van der Waals surface area (Å²) >= 11 is 0. The Hall–Kier alpha value is -1.85. The minimum absolute atomic E-state index is 0.101. The van der Waals surface area contributed by atoms with Gasteiger partial charge >= 0.3 is 0 Å². The molecule has 1 aromatic heterocycles. The van der Waals surface area contributed by atoms with E-state index < -0.39 is 5.91 Å². The summed E-state index contributed by atoms with van der Waals surface area (Å²) in [6.07, 6.45) is 5.01. The molecule has 0 radical (unpaired) electrons. The molecule has 1 fully saturated rings. The Morgan fingerprint density at radius 3 is 2.59 bits per heavy atom. The Balaban J connectivity index is 2.08. The van der Waals surface area contributed by atoms with Gasteiger partial charge in [0.15, 0.2) is 5.82 Å². The zero-order valence-electron chi connectivity index (χ0n) is 9.80. The highest BCUT2D eigenvalue weighted by Gasteiger charge is 2.24. The second kappa shape index (κ2) is 4.57. The number of primary amides is 1. The van der Waals surface area contributed by atoms with Crippen LogP contribution in [0.1, 0.15) is 36.4 Å². The lowest BCUT2D eigenvalue weighted by Crippen LogP contribution is -2.38. The highest BCUT2D eigenvalue weighted by atomic mass is 16.2. The van der Waals surface area contributed by atoms with Crippen molar-refractivity contribution in [3.05, 3.63) is 18.2 Å². The molecule has 0 saturated carbocycles. The molecule has 6 heteroatoms. The fourth-order valence-electron chi connectivity index (χ4n) is 2.26. The first-order chi connectivity index (χ1) is 8.09. The SMILES string of the molecule is CC(=O)N1CCC(n2ccnc2C(N)=O)CC1. The molecule has 0 aromatic carbocycles. The van der Waals surface area contributed by atoms with Gasteiger partial charge in [-0.2, -0.15) is 0 Å². The molecule has 2 rings (SSSR count). The fourth-order valence-corrected chi connectivity index (χ4v) is 2.26. The van der Waals surface area contributed by atoms with E-state index in [-0.39, 0.29) is 11.9 Å². The van der Waals surface area contributed by atoms with Crippen molar-refractivity contribution in [2.75, 3.05) is 13.1 Å². The number of hydrogen-bond acceptors (Lipinski definition) is 3. The van der Waals surface area contributed by atoms with Crippen molar-refractivity contribution >= 4 is 11.8 Å². The first kappa shape index (κ1) is 11.6. The van der Waals surface area contributed by atoms with E-state index in [0.29, 0.717) is 5.82 Å². The predicted molar refractivity (Wildman–Crippen MR) is 61.3 cm³/mol. The summed E-state index contributed by atoms with van der Waals surface area (Å²) in [5.41, 5.74) is 5.25. The molecular formula is C11H16N4O2. The number of carbonyl (C=O) groups excluding carboxylic acids is 2. The van der Waals surface area contributed by atoms with Crippen LogP contribution in [-0.2, 0) is 4.79 Å². The Bertz CT molecular complexity index is 432. The van der Waals surface area contributed by atoms with Crippen LogP contribution >= 0.6 is 0 Å². The number of imidazole rings is 1. The topological polar surface area (TPSA) is 81.2 Å². The maximum atomic E-state index is 11.2. The first-order valence-electron chi connectivity index (χ1n) is 5.67. The molecule has 0 atom stereocenters. The molecule has 1 aliphatic rings. The number of carbonyl (C=O) groups is 2. The number of nitrogens with zero attached hydrogens (tertiary/aromatic N) is 3. The summed E-state index contributed by atoms with van der Waals surface area (Å²) < 4.78 is 1.82. The van der Waals surface area contributed by atoms with Gasteiger partial charge in [0.1, 0.15) is 0 Å². The summed E-state index contributed by atoms with van der Waals surface area (Å²) in [5, 5.41) is 0. The lowest BCUT2D eigenvalue weighted by molar-refractivity contribution is -0.130. The third-order valence-corrected chi connectivity index (χ3v) is 3.19. The average molecular weight is 236 g/mol. The average Bonchev–Trinajstić information content (AvgIpc) is 2.78. The zero-order chi connectivity index (χ0) is 12.4. The van der Waals surface area contributed by atoms with Gasteiger partial charge in [-0.3, -0.25) is 9.59 Å². The minimum Gasteiger partial charge on any atom is -0.363 e. The molecule has 1 aromatic rings. The molecule has 1 aliphatic heterocycles. The number of likely N-dealkylation sites (tertiary alicyclic amines) is 1. The van der Waals surface area contributed by atoms with E-state index in [4.69, 9.17) is 5.73 Å². The molecule has 17 heavy (non-hydrogen) atoms. The van der Waals surface area contributed by atoms with Crippen molar-refractivity contribution in [2.45, 2.75) is 25.8 Å². The van der Waals surface area contributed by atoms with Crippen LogP contribution in [0, 0.1) is 0 Å². The monoisotopic (exact) mass is 236 g/mol. The lowest BCUT2D eigenvalue weighted by atomic mass is 10.0. The second-order valence-electron chi connectivity index (χ2n) is 4.26. The molecule has 2 N–H and O–H groups in total. The highest BCUT2D eigenvalue weighted by molar-refractivity contribution is 5.89. The molecule has 6 nitrogen and oxygen atoms in total. The van der Waals surface area contributed by atoms with Crippen molar-refractivity contribution < 1.29 is 9.59 Å². The third kappa shape index (κ3) is 2.30. The van der Waals surface area contributed by atoms with E-state index in [1.54, 1.807) is 19.3 Å². The molecular weight excluding hydrogens is 220 g/mol. The highest BCUT2D eigenvalue weighted by Crippen LogP contribution is 2.23. The van der Waals surface area contributed by atoms with Crippen molar-refractivity contribution in [1.29, 1.82) is 0 Å². The van der Waals surface area contributed by atoms with Crippen LogP contribution in [0.4, 0.5) is 0 Å². The molecule has 2 heterocycles. The number of aromatic nitrogens is 2. The molecule has 0 unspecified atom stereocenters. The predicted octanol–water partition coefficient (Wildman–Crippen LogP) is 0.165. The normalized spacial score (nSPS) is 17.1. The molecule has 0 aliphatic carbocycles. The summed E-state index contributed by atoms with van der Waals surface area (Å²) in [6, 6.07) is 0.204. The van der Waals surface area contributed by atoms with Gasteiger partial charge in [0.25, 0.3) is 5.91 Å². The maximum absolute atomic E-state index is 11.2. The molecule has 0 spiro atoms. The standard InChI is InChI=1S/C11H16N4O2/c1-8(16)14-5-2-9(3-6-14)15-7-4-13-11(15)10(12)17/h4,7,9H,2-3,5-6H2,1H3,(H2,12,17). The van der Waals surface area contributed by atoms with Gasteiger partial charge in [-0.15, -0.1) is 0 Å². The van der Waals surface area contributed by atoms with Gasteiger partial charge in [0.2, 0.25) is 5.91 Å². The maximum Gasteiger partial charge on any atom is 0.284 e. The Labute approximate surface area is 99.4 Å². The number of piperidine rings is 1. The van der Waals surface area contributed by atoms with Crippen LogP contribution in [0.5, 0.6) is 0 Å². The lowest BCUT2D eigenvalue weighted by Gasteiger charge is -2.32. The van der Waals surface area contributed by atoms with Crippen LogP contribution in [0.15, 0.2) is 12.4 Å². The Morgan fingerprint density at radius 1 is 1.41 bits per heavy atom. The third-order valence-electron chi connectivity index (χ3n) is 3.19. The molecule has 2 amide bonds. The van der Waals surface area contributed by atoms with Crippen molar-refractivity contribution in [2.24, 2.45) is 5.73 Å². The molecule has 1 saturated heterocycles. The van der Waals surface area contributed by atoms with E-state index in [9.17, 15) is 9.59 Å². The van der Waals surface area contributed by atoms with E-state index in [1.807, 2.05) is 9.47 Å². The summed E-state index contributed by atoms with van der Waals surface area (Å²) in [6.45, 7) is 3.01. The van der Waals surface area contributed by atoms with Gasteiger partial charge in [-0.25, -0.2) is 4.98 Å². The summed E-state index contributed by atoms with van der Waals surface area (Å²) in [5.74, 6) is -0.112. The van der Waals surface area contributed by atoms with Gasteiger partial charge in [0.05, 0.1) is 0 Å². The molecule has 0 bridgehead atoms. The quantitative estimate of drug-likeness (QED) is 0.794. The van der Waals surface area contributed by atoms with Crippen LogP contribution in [0.3, 0.4) is 0 Å². The van der Waals surface area contributed by atoms with Crippen LogP contribution < -0.4 is 5.73 Å². The number of rotatable bonds is 2. The first-order valence-corrected chi connectivity index (χ1v) is 5.67. The van der Waals surface area contributed by atoms with Crippen molar-refractivity contribution in [1.82, 2.24) is 14.5 Å². The summed E-state index contributed by atoms with van der Waals surface area (Å²) in [4.78, 5) is 28.1. The van der Waals surface area contributed by atoms with Crippen LogP contribution in [-0.4, -0.2) is 39.4 Å². The van der Waals surface area contributed by atoms with Gasteiger partial charge < -0.3 is 15.2 Å². The van der Waals surface area contributed by atoms with Crippen molar-refractivity contribution in [3.63, 3.8) is 0 Å². The van der Waals surface area contributed by atoms with Gasteiger partial charge in [0, 0.05) is 38.4 Å². The molecule has 92 valence electrons. The van der Waals surface area contributed by atoms with Crippen molar-refractivity contribution in [3.8, 4) is 0 Å². The van der Waals surface area contributed by atoms with E-state index in [2.05, 4.69) is 4.98 Å². The zero-order valence-corrected chi connectivity index (χ0v) is 9.80. The second-order valence-corrected chi connectivity index (χ2v) is 4.26. The number of amides is 2. The van der Waals surface area contributed by atoms with Gasteiger partial charge in [-0.05, 0) is 12.8 Å². The largest absolute Gasteiger partial charge is 0.363 e.